The quantitative estimate of drug-likeness (QED) is 0.234. The van der Waals surface area contributed by atoms with Crippen LogP contribution in [0.4, 0.5) is 0 Å². The second-order valence-electron chi connectivity index (χ2n) is 26.9. The number of carbonyl (C=O) groups excluding carboxylic acids is 1. The van der Waals surface area contributed by atoms with Crippen molar-refractivity contribution in [2.24, 2.45) is 23.7 Å². The Balaban J connectivity index is 0.703. The maximum Gasteiger partial charge on any atom is 0.308 e. The van der Waals surface area contributed by atoms with Gasteiger partial charge in [0.2, 0.25) is 0 Å². The molecule has 14 heterocycles. The summed E-state index contributed by atoms with van der Waals surface area (Å²) in [6.45, 7) is 20.3. The smallest absolute Gasteiger partial charge is 0.308 e. The first-order chi connectivity index (χ1) is 37.6. The van der Waals surface area contributed by atoms with Gasteiger partial charge in [-0.1, -0.05) is 47.8 Å². The molecule has 0 aliphatic carbocycles. The first-order valence-corrected chi connectivity index (χ1v) is 30.7. The van der Waals surface area contributed by atoms with Gasteiger partial charge in [-0.3, -0.25) is 4.79 Å². The number of aliphatic hydroxyl groups excluding tert-OH is 2. The highest BCUT2D eigenvalue weighted by molar-refractivity contribution is 5.70. The molecule has 0 aromatic carbocycles. The Morgan fingerprint density at radius 3 is 2.08 bits per heavy atom. The molecule has 10 bridgehead atoms. The number of hydrogen-bond acceptors (Lipinski definition) is 18. The third-order valence-corrected chi connectivity index (χ3v) is 21.4. The van der Waals surface area contributed by atoms with E-state index in [1.807, 2.05) is 0 Å². The molecule has 2 spiro atoms. The Morgan fingerprint density at radius 2 is 1.24 bits per heavy atom. The van der Waals surface area contributed by atoms with E-state index in [1.165, 1.54) is 0 Å². The number of rotatable bonds is 2. The molecular formula is C60H88O18. The monoisotopic (exact) mass is 1100 g/mol. The molecule has 14 saturated heterocycles. The van der Waals surface area contributed by atoms with E-state index in [9.17, 15) is 15.0 Å². The maximum absolute atomic E-state index is 14.6. The third-order valence-electron chi connectivity index (χ3n) is 21.4. The average Bonchev–Trinajstić information content (AvgIpc) is 4.05. The molecule has 17 unspecified atom stereocenters. The van der Waals surface area contributed by atoms with Crippen molar-refractivity contribution in [3.63, 3.8) is 0 Å². The summed E-state index contributed by atoms with van der Waals surface area (Å²) in [5.74, 6) is -2.80. The van der Waals surface area contributed by atoms with Crippen LogP contribution in [0.5, 0.6) is 0 Å². The first kappa shape index (κ1) is 54.3. The van der Waals surface area contributed by atoms with Crippen LogP contribution >= 0.6 is 0 Å². The van der Waals surface area contributed by atoms with Crippen LogP contribution in [0, 0.1) is 23.7 Å². The van der Waals surface area contributed by atoms with Crippen LogP contribution in [0.3, 0.4) is 0 Å². The zero-order chi connectivity index (χ0) is 53.6. The van der Waals surface area contributed by atoms with Gasteiger partial charge in [0.05, 0.1) is 123 Å². The van der Waals surface area contributed by atoms with Gasteiger partial charge in [-0.25, -0.2) is 0 Å². The molecule has 14 fully saturated rings. The van der Waals surface area contributed by atoms with Crippen molar-refractivity contribution in [2.75, 3.05) is 13.2 Å². The molecule has 78 heavy (non-hydrogen) atoms. The molecule has 30 atom stereocenters. The van der Waals surface area contributed by atoms with Gasteiger partial charge in [-0.15, -0.1) is 0 Å². The average molecular weight is 1100 g/mol. The summed E-state index contributed by atoms with van der Waals surface area (Å²) in [6.07, 6.45) is 3.61. The van der Waals surface area contributed by atoms with E-state index in [0.29, 0.717) is 77.2 Å². The topological polar surface area (TPSA) is 196 Å². The summed E-state index contributed by atoms with van der Waals surface area (Å²) in [7, 11) is 0. The number of hydrogen-bond donors (Lipinski definition) is 2. The zero-order valence-electron chi connectivity index (χ0n) is 46.6. The highest BCUT2D eigenvalue weighted by Gasteiger charge is 2.66. The van der Waals surface area contributed by atoms with Gasteiger partial charge in [-0.05, 0) is 80.3 Å². The minimum absolute atomic E-state index is 0.000589. The van der Waals surface area contributed by atoms with Crippen LogP contribution in [0.25, 0.3) is 0 Å². The fraction of sp³-hybridized carbons (Fsp3) is 0.917. The molecule has 0 saturated carbocycles. The van der Waals surface area contributed by atoms with E-state index >= 15 is 0 Å². The predicted octanol–water partition coefficient (Wildman–Crippen LogP) is 6.20. The van der Waals surface area contributed by atoms with E-state index in [0.717, 1.165) is 49.7 Å². The maximum atomic E-state index is 14.6. The van der Waals surface area contributed by atoms with E-state index in [2.05, 4.69) is 47.8 Å². The molecule has 0 aromatic rings. The van der Waals surface area contributed by atoms with Crippen LogP contribution in [0.15, 0.2) is 24.3 Å². The number of aliphatic hydroxyl groups is 2. The summed E-state index contributed by atoms with van der Waals surface area (Å²) >= 11 is 0. The molecule has 0 aromatic heterocycles. The standard InChI is InChI=1S/C60H88O18/c1-8-38-54-56-57-55-40(69-54)12-10-35(67-55)19-49(63)72-53-33(7)52-44(68-43(53)21-41-32(6)28(2)17-34(66-41)9-11-39-29(3)18-36(65-39)13-14-58(73-38,78-57)15-16-64-56)22-42-46(70-52)25-60(74-42)26-47-51(77-60)31(5)24-59(76-47)23-30(4)50-45(75-59)20-37(62)48(27-61)71-50/h28,30-31,33-48,50-57,61-62H,3,6,8-27H2,1-2,4-5,7H3/t28-,30+,31+,33+,34?,35?,36?,37?,38?,39?,40?,41?,42-,43?,44+,45?,46-,47?,48?,50?,51?,52+,53?,54+,55+,56?,57?,58+,59-,60-/m1/s1. The van der Waals surface area contributed by atoms with Gasteiger partial charge in [0.1, 0.15) is 36.6 Å². The second kappa shape index (κ2) is 20.8. The van der Waals surface area contributed by atoms with Crippen molar-refractivity contribution in [1.29, 1.82) is 0 Å². The summed E-state index contributed by atoms with van der Waals surface area (Å²) in [5.41, 5.74) is 2.15. The first-order valence-electron chi connectivity index (χ1n) is 30.7. The molecule has 436 valence electrons. The molecular weight excluding hydrogens is 1010 g/mol. The highest BCUT2D eigenvalue weighted by Crippen LogP contribution is 2.56. The Labute approximate surface area is 459 Å². The lowest BCUT2D eigenvalue weighted by molar-refractivity contribution is -0.371. The van der Waals surface area contributed by atoms with Crippen LogP contribution < -0.4 is 0 Å². The van der Waals surface area contributed by atoms with Gasteiger partial charge >= 0.3 is 5.97 Å². The van der Waals surface area contributed by atoms with Gasteiger partial charge in [0.15, 0.2) is 17.4 Å². The summed E-state index contributed by atoms with van der Waals surface area (Å²) in [5, 5.41) is 20.7. The lowest BCUT2D eigenvalue weighted by Crippen LogP contribution is -2.63. The van der Waals surface area contributed by atoms with Crippen molar-refractivity contribution in [3.8, 4) is 0 Å². The Bertz CT molecular complexity index is 2250. The molecule has 14 rings (SSSR count). The van der Waals surface area contributed by atoms with Crippen molar-refractivity contribution >= 4 is 5.97 Å². The van der Waals surface area contributed by atoms with Crippen molar-refractivity contribution in [3.05, 3.63) is 24.3 Å². The molecule has 2 N–H and O–H groups in total. The van der Waals surface area contributed by atoms with E-state index in [-0.39, 0.29) is 140 Å². The molecule has 14 aliphatic heterocycles. The zero-order valence-corrected chi connectivity index (χ0v) is 46.6. The number of ether oxygens (including phenoxy) is 15. The second-order valence-corrected chi connectivity index (χ2v) is 26.9. The van der Waals surface area contributed by atoms with Gasteiger partial charge in [0, 0.05) is 63.7 Å². The van der Waals surface area contributed by atoms with Gasteiger partial charge < -0.3 is 81.3 Å². The normalized spacial score (nSPS) is 56.9. The van der Waals surface area contributed by atoms with Crippen LogP contribution in [0.2, 0.25) is 0 Å². The minimum Gasteiger partial charge on any atom is -0.459 e. The molecule has 18 heteroatoms. The fourth-order valence-corrected chi connectivity index (χ4v) is 17.6. The number of fused-ring (bicyclic) bond motifs is 10. The molecule has 18 nitrogen and oxygen atoms in total. The number of carbonyl (C=O) groups is 1. The lowest BCUT2D eigenvalue weighted by Gasteiger charge is -2.54. The van der Waals surface area contributed by atoms with Crippen molar-refractivity contribution < 1.29 is 86.1 Å². The largest absolute Gasteiger partial charge is 0.459 e. The Morgan fingerprint density at radius 1 is 0.526 bits per heavy atom. The van der Waals surface area contributed by atoms with E-state index in [1.54, 1.807) is 0 Å². The van der Waals surface area contributed by atoms with Gasteiger partial charge in [-0.2, -0.15) is 0 Å². The summed E-state index contributed by atoms with van der Waals surface area (Å²) in [6, 6.07) is 0. The highest BCUT2D eigenvalue weighted by atomic mass is 16.8. The van der Waals surface area contributed by atoms with Crippen LogP contribution in [-0.4, -0.2) is 187 Å². The lowest BCUT2D eigenvalue weighted by atomic mass is 9.78. The number of esters is 1. The summed E-state index contributed by atoms with van der Waals surface area (Å²) < 4.78 is 104. The molecule has 0 amide bonds. The fourth-order valence-electron chi connectivity index (χ4n) is 17.6. The van der Waals surface area contributed by atoms with E-state index in [4.69, 9.17) is 71.1 Å². The Kier molecular flexibility index (Phi) is 14.5. The third kappa shape index (κ3) is 9.66. The van der Waals surface area contributed by atoms with Crippen LogP contribution in [0.1, 0.15) is 150 Å². The minimum atomic E-state index is -0.914. The Hall–Kier alpha value is -1.69. The van der Waals surface area contributed by atoms with Gasteiger partial charge in [0.25, 0.3) is 0 Å². The predicted molar refractivity (Wildman–Crippen MR) is 274 cm³/mol. The molecule has 0 radical (unpaired) electrons. The summed E-state index contributed by atoms with van der Waals surface area (Å²) in [4.78, 5) is 14.6. The van der Waals surface area contributed by atoms with Crippen molar-refractivity contribution in [1.82, 2.24) is 0 Å². The molecule has 14 aliphatic rings. The van der Waals surface area contributed by atoms with Crippen molar-refractivity contribution in [2.45, 2.75) is 308 Å². The SMILES string of the molecule is C=C1CC2CC[C@@]34CCOC5C(O3)[C@H]3OC(CCC3O[C@H]5C(CC)O4)CC(=O)OC3C(CC4OC(CCC1O2)C[C@@H](C)C4=C)O[C@H]1C[C@H]2O[C@]4(CC5O[C@]6(C[C@H](C)C7OC(CO)C(O)CC7O6)C[C@H](C)C5O4)C[C@H]2O[C@H]1[C@@H]3C. The van der Waals surface area contributed by atoms with E-state index < -0.39 is 60.1 Å². The van der Waals surface area contributed by atoms with Crippen LogP contribution in [-0.2, 0) is 75.8 Å².